The molecule has 0 radical (unpaired) electrons. The van der Waals surface area contributed by atoms with Crippen molar-refractivity contribution in [3.8, 4) is 11.6 Å². The molecule has 5 heteroatoms. The SMILES string of the molecule is Cc1ccc2c(n1)OCC(C(=O)O)O2. The molecule has 0 bridgehead atoms. The van der Waals surface area contributed by atoms with E-state index in [-0.39, 0.29) is 6.61 Å². The summed E-state index contributed by atoms with van der Waals surface area (Å²) in [6.07, 6.45) is -0.938. The van der Waals surface area contributed by atoms with E-state index in [0.717, 1.165) is 5.69 Å². The van der Waals surface area contributed by atoms with E-state index in [9.17, 15) is 4.79 Å². The topological polar surface area (TPSA) is 68.7 Å². The van der Waals surface area contributed by atoms with Crippen LogP contribution in [0, 0.1) is 6.92 Å². The third kappa shape index (κ3) is 1.48. The second-order valence-electron chi connectivity index (χ2n) is 3.01. The van der Waals surface area contributed by atoms with E-state index in [1.807, 2.05) is 6.92 Å². The maximum absolute atomic E-state index is 10.6. The Morgan fingerprint density at radius 2 is 2.43 bits per heavy atom. The van der Waals surface area contributed by atoms with Gasteiger partial charge in [0, 0.05) is 5.69 Å². The molecule has 1 atom stereocenters. The number of aryl methyl sites for hydroxylation is 1. The Bertz CT molecular complexity index is 377. The fourth-order valence-corrected chi connectivity index (χ4v) is 1.18. The van der Waals surface area contributed by atoms with Crippen LogP contribution < -0.4 is 9.47 Å². The molecular formula is C9H9NO4. The van der Waals surface area contributed by atoms with Crippen LogP contribution in [0.4, 0.5) is 0 Å². The van der Waals surface area contributed by atoms with Gasteiger partial charge in [-0.05, 0) is 19.1 Å². The molecule has 1 N–H and O–H groups in total. The highest BCUT2D eigenvalue weighted by molar-refractivity contribution is 5.73. The van der Waals surface area contributed by atoms with Gasteiger partial charge in [-0.25, -0.2) is 9.78 Å². The molecule has 1 aromatic rings. The zero-order chi connectivity index (χ0) is 10.1. The molecule has 2 heterocycles. The van der Waals surface area contributed by atoms with Gasteiger partial charge in [0.15, 0.2) is 5.75 Å². The number of rotatable bonds is 1. The summed E-state index contributed by atoms with van der Waals surface area (Å²) in [5.41, 5.74) is 0.807. The standard InChI is InChI=1S/C9H9NO4/c1-5-2-3-6-8(10-5)13-4-7(14-6)9(11)12/h2-3,7H,4H2,1H3,(H,11,12). The van der Waals surface area contributed by atoms with Crippen molar-refractivity contribution in [2.45, 2.75) is 13.0 Å². The van der Waals surface area contributed by atoms with Gasteiger partial charge in [0.1, 0.15) is 6.61 Å². The lowest BCUT2D eigenvalue weighted by Gasteiger charge is -2.22. The number of carboxylic acids is 1. The van der Waals surface area contributed by atoms with Gasteiger partial charge in [-0.3, -0.25) is 0 Å². The van der Waals surface area contributed by atoms with Gasteiger partial charge in [-0.2, -0.15) is 0 Å². The Hall–Kier alpha value is -1.78. The molecule has 2 rings (SSSR count). The Labute approximate surface area is 80.3 Å². The summed E-state index contributed by atoms with van der Waals surface area (Å²) in [6.45, 7) is 1.83. The average molecular weight is 195 g/mol. The number of fused-ring (bicyclic) bond motifs is 1. The number of pyridine rings is 1. The maximum atomic E-state index is 10.6. The highest BCUT2D eigenvalue weighted by Gasteiger charge is 2.27. The first-order chi connectivity index (χ1) is 6.66. The molecule has 0 saturated carbocycles. The fraction of sp³-hybridized carbons (Fsp3) is 0.333. The van der Waals surface area contributed by atoms with Gasteiger partial charge in [0.2, 0.25) is 6.10 Å². The molecule has 0 aromatic carbocycles. The third-order valence-corrected chi connectivity index (χ3v) is 1.88. The predicted molar refractivity (Wildman–Crippen MR) is 46.5 cm³/mol. The Balaban J connectivity index is 2.27. The smallest absolute Gasteiger partial charge is 0.348 e. The number of carbonyl (C=O) groups is 1. The minimum Gasteiger partial charge on any atom is -0.478 e. The molecule has 0 fully saturated rings. The van der Waals surface area contributed by atoms with Crippen LogP contribution >= 0.6 is 0 Å². The Morgan fingerprint density at radius 1 is 1.64 bits per heavy atom. The van der Waals surface area contributed by atoms with Crippen LogP contribution in [-0.2, 0) is 4.79 Å². The van der Waals surface area contributed by atoms with Gasteiger partial charge < -0.3 is 14.6 Å². The van der Waals surface area contributed by atoms with Gasteiger partial charge in [-0.15, -0.1) is 0 Å². The summed E-state index contributed by atoms with van der Waals surface area (Å²) in [4.78, 5) is 14.7. The molecule has 1 unspecified atom stereocenters. The van der Waals surface area contributed by atoms with Crippen molar-refractivity contribution in [2.24, 2.45) is 0 Å². The molecule has 1 aromatic heterocycles. The summed E-state index contributed by atoms with van der Waals surface area (Å²) in [7, 11) is 0. The molecule has 1 aliphatic heterocycles. The number of aromatic nitrogens is 1. The first-order valence-corrected chi connectivity index (χ1v) is 4.17. The van der Waals surface area contributed by atoms with Crippen LogP contribution in [0.3, 0.4) is 0 Å². The van der Waals surface area contributed by atoms with E-state index in [2.05, 4.69) is 4.98 Å². The molecule has 74 valence electrons. The first kappa shape index (κ1) is 8.80. The minimum atomic E-state index is -1.03. The van der Waals surface area contributed by atoms with Crippen LogP contribution in [0.1, 0.15) is 5.69 Å². The maximum Gasteiger partial charge on any atom is 0.348 e. The summed E-state index contributed by atoms with van der Waals surface area (Å²) in [6, 6.07) is 3.40. The molecular weight excluding hydrogens is 186 g/mol. The lowest BCUT2D eigenvalue weighted by Crippen LogP contribution is -2.36. The van der Waals surface area contributed by atoms with E-state index in [1.54, 1.807) is 12.1 Å². The second kappa shape index (κ2) is 3.17. The summed E-state index contributed by atoms with van der Waals surface area (Å²) >= 11 is 0. The number of hydrogen-bond donors (Lipinski definition) is 1. The molecule has 0 aliphatic carbocycles. The quantitative estimate of drug-likeness (QED) is 0.711. The van der Waals surface area contributed by atoms with E-state index >= 15 is 0 Å². The highest BCUT2D eigenvalue weighted by atomic mass is 16.6. The van der Waals surface area contributed by atoms with Crippen molar-refractivity contribution < 1.29 is 19.4 Å². The third-order valence-electron chi connectivity index (χ3n) is 1.88. The van der Waals surface area contributed by atoms with Crippen LogP contribution in [-0.4, -0.2) is 28.8 Å². The zero-order valence-corrected chi connectivity index (χ0v) is 7.56. The number of hydrogen-bond acceptors (Lipinski definition) is 4. The zero-order valence-electron chi connectivity index (χ0n) is 7.56. The normalized spacial score (nSPS) is 19.1. The number of carboxylic acid groups (broad SMARTS) is 1. The first-order valence-electron chi connectivity index (χ1n) is 4.17. The van der Waals surface area contributed by atoms with Crippen molar-refractivity contribution in [1.82, 2.24) is 4.98 Å². The van der Waals surface area contributed by atoms with Crippen LogP contribution in [0.15, 0.2) is 12.1 Å². The van der Waals surface area contributed by atoms with E-state index < -0.39 is 12.1 Å². The van der Waals surface area contributed by atoms with Crippen molar-refractivity contribution in [1.29, 1.82) is 0 Å². The fourth-order valence-electron chi connectivity index (χ4n) is 1.18. The monoisotopic (exact) mass is 195 g/mol. The molecule has 1 aliphatic rings. The van der Waals surface area contributed by atoms with Crippen molar-refractivity contribution in [2.75, 3.05) is 6.61 Å². The van der Waals surface area contributed by atoms with E-state index in [1.165, 1.54) is 0 Å². The van der Waals surface area contributed by atoms with Crippen LogP contribution in [0.2, 0.25) is 0 Å². The van der Waals surface area contributed by atoms with Gasteiger partial charge in [0.25, 0.3) is 5.88 Å². The van der Waals surface area contributed by atoms with Crippen molar-refractivity contribution in [3.63, 3.8) is 0 Å². The summed E-state index contributed by atoms with van der Waals surface area (Å²) in [5, 5.41) is 8.69. The highest BCUT2D eigenvalue weighted by Crippen LogP contribution is 2.29. The average Bonchev–Trinajstić information content (AvgIpc) is 2.16. The Morgan fingerprint density at radius 3 is 3.14 bits per heavy atom. The van der Waals surface area contributed by atoms with E-state index in [0.29, 0.717) is 11.6 Å². The van der Waals surface area contributed by atoms with E-state index in [4.69, 9.17) is 14.6 Å². The molecule has 0 amide bonds. The van der Waals surface area contributed by atoms with Crippen LogP contribution in [0.25, 0.3) is 0 Å². The summed E-state index contributed by atoms with van der Waals surface area (Å²) < 4.78 is 10.3. The van der Waals surface area contributed by atoms with Crippen molar-refractivity contribution >= 4 is 5.97 Å². The second-order valence-corrected chi connectivity index (χ2v) is 3.01. The van der Waals surface area contributed by atoms with Gasteiger partial charge >= 0.3 is 5.97 Å². The van der Waals surface area contributed by atoms with Crippen molar-refractivity contribution in [3.05, 3.63) is 17.8 Å². The molecule has 14 heavy (non-hydrogen) atoms. The molecule has 5 nitrogen and oxygen atoms in total. The predicted octanol–water partition coefficient (Wildman–Crippen LogP) is 0.614. The van der Waals surface area contributed by atoms with Gasteiger partial charge in [-0.1, -0.05) is 0 Å². The lowest BCUT2D eigenvalue weighted by atomic mass is 10.3. The van der Waals surface area contributed by atoms with Crippen LogP contribution in [0.5, 0.6) is 11.6 Å². The summed E-state index contributed by atoms with van der Waals surface area (Å²) in [5.74, 6) is -0.284. The molecule has 0 spiro atoms. The number of ether oxygens (including phenoxy) is 2. The Kier molecular flexibility index (Phi) is 1.99. The molecule has 0 saturated heterocycles. The number of nitrogens with zero attached hydrogens (tertiary/aromatic N) is 1. The van der Waals surface area contributed by atoms with Gasteiger partial charge in [0.05, 0.1) is 0 Å². The lowest BCUT2D eigenvalue weighted by molar-refractivity contribution is -0.147. The minimum absolute atomic E-state index is 0.00120. The number of aliphatic carboxylic acids is 1. The largest absolute Gasteiger partial charge is 0.478 e.